The molecule has 0 radical (unpaired) electrons. The molecule has 0 amide bonds. The van der Waals surface area contributed by atoms with Crippen LogP contribution in [-0.2, 0) is 6.54 Å². The molecule has 1 aromatic carbocycles. The van der Waals surface area contributed by atoms with Crippen molar-refractivity contribution in [2.24, 2.45) is 0 Å². The van der Waals surface area contributed by atoms with Crippen LogP contribution < -0.4 is 4.57 Å². The molecule has 0 saturated carbocycles. The quantitative estimate of drug-likeness (QED) is 0.225. The van der Waals surface area contributed by atoms with E-state index in [1.165, 1.54) is 82.7 Å². The molecular weight excluding hydrogens is 384 g/mol. The number of rotatable bonds is 14. The first-order valence-corrected chi connectivity index (χ1v) is 11.4. The summed E-state index contributed by atoms with van der Waals surface area (Å²) in [5, 5.41) is 0. The largest absolute Gasteiger partial charge is 0.248 e. The van der Waals surface area contributed by atoms with E-state index in [1.54, 1.807) is 0 Å². The summed E-state index contributed by atoms with van der Waals surface area (Å²) in [7, 11) is 0. The van der Waals surface area contributed by atoms with E-state index in [2.05, 4.69) is 75.0 Å². The molecule has 0 spiro atoms. The molecule has 2 aromatic rings. The van der Waals surface area contributed by atoms with Gasteiger partial charge in [0.1, 0.15) is 18.1 Å². The molecule has 26 heavy (non-hydrogen) atoms. The average molecular weight is 420 g/mol. The minimum absolute atomic E-state index is 1.12. The van der Waals surface area contributed by atoms with E-state index < -0.39 is 0 Å². The Labute approximate surface area is 168 Å². The van der Waals surface area contributed by atoms with Gasteiger partial charge in [0.2, 0.25) is 6.33 Å². The highest BCUT2D eigenvalue weighted by Gasteiger charge is 2.06. The van der Waals surface area contributed by atoms with Gasteiger partial charge in [-0.1, -0.05) is 87.1 Å². The number of halogens is 1. The average Bonchev–Trinajstić information content (AvgIpc) is 3.12. The number of unbranched alkanes of at least 4 members (excludes halogenated alkanes) is 11. The van der Waals surface area contributed by atoms with Gasteiger partial charge < -0.3 is 0 Å². The van der Waals surface area contributed by atoms with Crippen LogP contribution >= 0.6 is 15.9 Å². The zero-order valence-electron chi connectivity index (χ0n) is 16.5. The molecule has 1 aromatic heterocycles. The molecule has 0 atom stereocenters. The highest BCUT2D eigenvalue weighted by atomic mass is 79.9. The summed E-state index contributed by atoms with van der Waals surface area (Å²) in [5.74, 6) is 0. The number of aryl methyl sites for hydroxylation is 1. The normalized spacial score (nSPS) is 11.2. The second-order valence-electron chi connectivity index (χ2n) is 7.42. The van der Waals surface area contributed by atoms with Crippen LogP contribution in [0, 0.1) is 0 Å². The highest BCUT2D eigenvalue weighted by molar-refractivity contribution is 9.10. The molecule has 0 aliphatic carbocycles. The minimum Gasteiger partial charge on any atom is -0.236 e. The topological polar surface area (TPSA) is 8.81 Å². The van der Waals surface area contributed by atoms with Gasteiger partial charge in [-0.2, -0.15) is 0 Å². The second-order valence-corrected chi connectivity index (χ2v) is 8.34. The summed E-state index contributed by atoms with van der Waals surface area (Å²) >= 11 is 3.49. The Balaban J connectivity index is 1.48. The van der Waals surface area contributed by atoms with Crippen LogP contribution in [0.1, 0.15) is 84.0 Å². The number of aromatic nitrogens is 2. The van der Waals surface area contributed by atoms with E-state index in [-0.39, 0.29) is 0 Å². The Morgan fingerprint density at radius 1 is 0.769 bits per heavy atom. The third-order valence-corrected chi connectivity index (χ3v) is 5.61. The SMILES string of the molecule is CCCCCCCCCCCCCC[n+]1ccn(-c2ccc(Br)cc2)c1. The van der Waals surface area contributed by atoms with Crippen molar-refractivity contribution in [2.45, 2.75) is 90.5 Å². The van der Waals surface area contributed by atoms with Crippen LogP contribution in [0.5, 0.6) is 0 Å². The second kappa shape index (κ2) is 13.1. The van der Waals surface area contributed by atoms with Crippen LogP contribution in [0.3, 0.4) is 0 Å². The number of benzene rings is 1. The smallest absolute Gasteiger partial charge is 0.236 e. The number of imidazole rings is 1. The lowest BCUT2D eigenvalue weighted by Crippen LogP contribution is -2.30. The monoisotopic (exact) mass is 419 g/mol. The van der Waals surface area contributed by atoms with Gasteiger partial charge in [0.05, 0.1) is 6.54 Å². The van der Waals surface area contributed by atoms with Gasteiger partial charge in [-0.3, -0.25) is 0 Å². The van der Waals surface area contributed by atoms with Gasteiger partial charge in [0.25, 0.3) is 0 Å². The molecule has 0 saturated heterocycles. The number of nitrogens with zero attached hydrogens (tertiary/aromatic N) is 2. The summed E-state index contributed by atoms with van der Waals surface area (Å²) in [6.45, 7) is 3.41. The minimum atomic E-state index is 1.12. The molecular formula is C23H36BrN2+. The van der Waals surface area contributed by atoms with Crippen LogP contribution in [0.4, 0.5) is 0 Å². The van der Waals surface area contributed by atoms with Gasteiger partial charge in [-0.25, -0.2) is 9.13 Å². The van der Waals surface area contributed by atoms with E-state index in [9.17, 15) is 0 Å². The zero-order valence-corrected chi connectivity index (χ0v) is 18.1. The Morgan fingerprint density at radius 3 is 1.88 bits per heavy atom. The molecule has 2 nitrogen and oxygen atoms in total. The molecule has 0 aliphatic rings. The molecule has 0 aliphatic heterocycles. The predicted molar refractivity (Wildman–Crippen MR) is 115 cm³/mol. The highest BCUT2D eigenvalue weighted by Crippen LogP contribution is 2.14. The summed E-state index contributed by atoms with van der Waals surface area (Å²) in [6.07, 6.45) is 23.4. The maximum absolute atomic E-state index is 3.49. The lowest BCUT2D eigenvalue weighted by molar-refractivity contribution is -0.696. The maximum atomic E-state index is 3.49. The molecule has 0 fully saturated rings. The van der Waals surface area contributed by atoms with E-state index in [0.717, 1.165) is 11.0 Å². The first-order valence-electron chi connectivity index (χ1n) is 10.6. The van der Waals surface area contributed by atoms with Crippen molar-refractivity contribution in [2.75, 3.05) is 0 Å². The number of hydrogen-bond acceptors (Lipinski definition) is 0. The Morgan fingerprint density at radius 2 is 1.31 bits per heavy atom. The summed E-state index contributed by atoms with van der Waals surface area (Å²) < 4.78 is 5.61. The fourth-order valence-corrected chi connectivity index (χ4v) is 3.69. The third kappa shape index (κ3) is 8.53. The fourth-order valence-electron chi connectivity index (χ4n) is 3.43. The Kier molecular flexibility index (Phi) is 10.7. The lowest BCUT2D eigenvalue weighted by Gasteiger charge is -2.02. The van der Waals surface area contributed by atoms with E-state index in [1.807, 2.05) is 0 Å². The first kappa shape index (κ1) is 21.2. The van der Waals surface area contributed by atoms with Crippen molar-refractivity contribution < 1.29 is 4.57 Å². The maximum Gasteiger partial charge on any atom is 0.248 e. The van der Waals surface area contributed by atoms with Crippen LogP contribution in [0.2, 0.25) is 0 Å². The lowest BCUT2D eigenvalue weighted by atomic mass is 10.1. The van der Waals surface area contributed by atoms with Crippen molar-refractivity contribution in [3.8, 4) is 5.69 Å². The standard InChI is InChI=1S/C23H36BrN2/c1-2-3-4-5-6-7-8-9-10-11-12-13-18-25-19-20-26(21-25)23-16-14-22(24)15-17-23/h14-17,19-21H,2-13,18H2,1H3/q+1. The molecule has 0 bridgehead atoms. The zero-order chi connectivity index (χ0) is 18.5. The van der Waals surface area contributed by atoms with E-state index in [4.69, 9.17) is 0 Å². The van der Waals surface area contributed by atoms with Crippen molar-refractivity contribution in [1.82, 2.24) is 4.57 Å². The van der Waals surface area contributed by atoms with Crippen molar-refractivity contribution in [1.29, 1.82) is 0 Å². The fraction of sp³-hybridized carbons (Fsp3) is 0.609. The summed E-state index contributed by atoms with van der Waals surface area (Å²) in [6, 6.07) is 8.45. The molecule has 0 N–H and O–H groups in total. The van der Waals surface area contributed by atoms with E-state index >= 15 is 0 Å². The van der Waals surface area contributed by atoms with Crippen molar-refractivity contribution in [3.05, 3.63) is 47.5 Å². The molecule has 144 valence electrons. The number of hydrogen-bond donors (Lipinski definition) is 0. The van der Waals surface area contributed by atoms with Gasteiger partial charge in [-0.15, -0.1) is 0 Å². The molecule has 2 rings (SSSR count). The molecule has 1 heterocycles. The molecule has 3 heteroatoms. The third-order valence-electron chi connectivity index (χ3n) is 5.09. The van der Waals surface area contributed by atoms with Crippen LogP contribution in [0.25, 0.3) is 5.69 Å². The van der Waals surface area contributed by atoms with Gasteiger partial charge in [0.15, 0.2) is 0 Å². The Bertz CT molecular complexity index is 589. The van der Waals surface area contributed by atoms with Crippen molar-refractivity contribution >= 4 is 15.9 Å². The predicted octanol–water partition coefficient (Wildman–Crippen LogP) is 7.23. The van der Waals surface area contributed by atoms with Crippen LogP contribution in [-0.4, -0.2) is 4.57 Å². The first-order chi connectivity index (χ1) is 12.8. The van der Waals surface area contributed by atoms with Gasteiger partial charge >= 0.3 is 0 Å². The van der Waals surface area contributed by atoms with Crippen LogP contribution in [0.15, 0.2) is 47.5 Å². The summed E-state index contributed by atoms with van der Waals surface area (Å²) in [4.78, 5) is 0. The Hall–Kier alpha value is -1.09. The summed E-state index contributed by atoms with van der Waals surface area (Å²) in [5.41, 5.74) is 1.21. The van der Waals surface area contributed by atoms with Gasteiger partial charge in [0, 0.05) is 4.47 Å². The van der Waals surface area contributed by atoms with Crippen molar-refractivity contribution in [3.63, 3.8) is 0 Å². The van der Waals surface area contributed by atoms with Gasteiger partial charge in [-0.05, 0) is 37.1 Å². The van der Waals surface area contributed by atoms with E-state index in [0.29, 0.717) is 0 Å². The molecule has 0 unspecified atom stereocenters.